The third-order valence-electron chi connectivity index (χ3n) is 4.48. The molecule has 1 fully saturated rings. The first-order chi connectivity index (χ1) is 14.1. The summed E-state index contributed by atoms with van der Waals surface area (Å²) in [7, 11) is 0. The van der Waals surface area contributed by atoms with Gasteiger partial charge in [-0.2, -0.15) is 0 Å². The number of hydrogen-bond donors (Lipinski definition) is 0. The number of aromatic nitrogens is 2. The number of piperazine rings is 1. The zero-order chi connectivity index (χ0) is 20.6. The highest BCUT2D eigenvalue weighted by molar-refractivity contribution is 6.29. The van der Waals surface area contributed by atoms with Crippen molar-refractivity contribution in [3.63, 3.8) is 0 Å². The molecule has 1 aliphatic rings. The molecule has 9 heteroatoms. The number of carbonyl (C=O) groups excluding carboxylic acids is 1. The summed E-state index contributed by atoms with van der Waals surface area (Å²) in [5, 5.41) is 12.0. The summed E-state index contributed by atoms with van der Waals surface area (Å²) in [5.41, 5.74) is 0.676. The van der Waals surface area contributed by atoms with E-state index in [1.807, 2.05) is 49.2 Å². The van der Waals surface area contributed by atoms with Crippen LogP contribution in [0.1, 0.15) is 20.3 Å². The molecule has 2 aromatic rings. The van der Waals surface area contributed by atoms with Crippen LogP contribution in [-0.2, 0) is 4.74 Å². The summed E-state index contributed by atoms with van der Waals surface area (Å²) in [6.07, 6.45) is 0.356. The number of hydrogen-bond acceptors (Lipinski definition) is 7. The fourth-order valence-electron chi connectivity index (χ4n) is 3.13. The molecular formula is C20H26ClN5O3. The molecule has 1 amide bonds. The van der Waals surface area contributed by atoms with Crippen LogP contribution < -0.4 is 14.6 Å². The number of carbonyl (C=O) groups is 1. The van der Waals surface area contributed by atoms with Crippen LogP contribution in [-0.4, -0.2) is 60.7 Å². The standard InChI is InChI=1S/C20H26ClN5O3/c1-3-15-29-20(27)26(16-7-5-6-8-17(16)28-4-2)25-13-11-24(12-14-25)19-10-9-18(21)22-23-19/h5-10H,3-4,11-15H2,1-2H3. The summed E-state index contributed by atoms with van der Waals surface area (Å²) >= 11 is 5.83. The number of amides is 1. The maximum absolute atomic E-state index is 12.9. The Morgan fingerprint density at radius 1 is 1.10 bits per heavy atom. The lowest BCUT2D eigenvalue weighted by Crippen LogP contribution is -2.56. The van der Waals surface area contributed by atoms with E-state index in [4.69, 9.17) is 21.1 Å². The van der Waals surface area contributed by atoms with Crippen LogP contribution in [0.5, 0.6) is 5.75 Å². The zero-order valence-electron chi connectivity index (χ0n) is 16.8. The van der Waals surface area contributed by atoms with Gasteiger partial charge < -0.3 is 14.4 Å². The van der Waals surface area contributed by atoms with Crippen molar-refractivity contribution in [1.29, 1.82) is 0 Å². The Morgan fingerprint density at radius 2 is 1.86 bits per heavy atom. The first-order valence-electron chi connectivity index (χ1n) is 9.81. The Kier molecular flexibility index (Phi) is 7.48. The van der Waals surface area contributed by atoms with Gasteiger partial charge >= 0.3 is 6.09 Å². The number of ether oxygens (including phenoxy) is 2. The molecule has 0 atom stereocenters. The SMILES string of the molecule is CCCOC(=O)N(c1ccccc1OCC)N1CCN(c2ccc(Cl)nn2)CC1. The van der Waals surface area contributed by atoms with Gasteiger partial charge in [-0.05, 0) is 37.6 Å². The van der Waals surface area contributed by atoms with Gasteiger partial charge in [0.15, 0.2) is 11.0 Å². The molecule has 1 aromatic heterocycles. The van der Waals surface area contributed by atoms with Gasteiger partial charge in [0, 0.05) is 26.2 Å². The average molecular weight is 420 g/mol. The fraction of sp³-hybridized carbons (Fsp3) is 0.450. The van der Waals surface area contributed by atoms with Crippen LogP contribution in [0.3, 0.4) is 0 Å². The van der Waals surface area contributed by atoms with Crippen molar-refractivity contribution in [2.24, 2.45) is 0 Å². The van der Waals surface area contributed by atoms with Crippen molar-refractivity contribution in [1.82, 2.24) is 15.2 Å². The second-order valence-corrected chi connectivity index (χ2v) is 6.87. The fourth-order valence-corrected chi connectivity index (χ4v) is 3.23. The largest absolute Gasteiger partial charge is 0.492 e. The van der Waals surface area contributed by atoms with Crippen LogP contribution in [0.15, 0.2) is 36.4 Å². The zero-order valence-corrected chi connectivity index (χ0v) is 17.5. The van der Waals surface area contributed by atoms with E-state index in [2.05, 4.69) is 15.1 Å². The van der Waals surface area contributed by atoms with Crippen molar-refractivity contribution in [3.05, 3.63) is 41.6 Å². The quantitative estimate of drug-likeness (QED) is 0.678. The minimum absolute atomic E-state index is 0.366. The minimum atomic E-state index is -0.404. The Morgan fingerprint density at radius 3 is 2.52 bits per heavy atom. The van der Waals surface area contributed by atoms with Gasteiger partial charge in [0.05, 0.1) is 13.2 Å². The first kappa shape index (κ1) is 21.1. The number of para-hydroxylation sites is 2. The van der Waals surface area contributed by atoms with E-state index in [1.54, 1.807) is 11.1 Å². The van der Waals surface area contributed by atoms with Crippen LogP contribution in [0.4, 0.5) is 16.3 Å². The van der Waals surface area contributed by atoms with E-state index in [-0.39, 0.29) is 0 Å². The maximum atomic E-state index is 12.9. The van der Waals surface area contributed by atoms with Crippen molar-refractivity contribution in [3.8, 4) is 5.75 Å². The van der Waals surface area contributed by atoms with Gasteiger partial charge in [-0.15, -0.1) is 10.2 Å². The molecule has 0 radical (unpaired) electrons. The third kappa shape index (κ3) is 5.27. The first-order valence-corrected chi connectivity index (χ1v) is 10.2. The molecule has 1 aliphatic heterocycles. The number of rotatable bonds is 7. The van der Waals surface area contributed by atoms with Gasteiger partial charge in [0.2, 0.25) is 0 Å². The summed E-state index contributed by atoms with van der Waals surface area (Å²) in [6, 6.07) is 11.1. The van der Waals surface area contributed by atoms with Crippen LogP contribution in [0.25, 0.3) is 0 Å². The van der Waals surface area contributed by atoms with E-state index in [0.717, 1.165) is 12.2 Å². The van der Waals surface area contributed by atoms with Gasteiger partial charge in [-0.3, -0.25) is 0 Å². The topological polar surface area (TPSA) is 71.0 Å². The molecule has 0 unspecified atom stereocenters. The minimum Gasteiger partial charge on any atom is -0.492 e. The maximum Gasteiger partial charge on any atom is 0.429 e. The highest BCUT2D eigenvalue weighted by atomic mass is 35.5. The van der Waals surface area contributed by atoms with E-state index in [1.165, 1.54) is 0 Å². The summed E-state index contributed by atoms with van der Waals surface area (Å²) in [5.74, 6) is 1.42. The van der Waals surface area contributed by atoms with Gasteiger partial charge in [0.25, 0.3) is 0 Å². The number of benzene rings is 1. The van der Waals surface area contributed by atoms with Gasteiger partial charge in [0.1, 0.15) is 11.4 Å². The Hall–Kier alpha value is -2.58. The molecule has 0 N–H and O–H groups in total. The summed E-state index contributed by atoms with van der Waals surface area (Å²) < 4.78 is 11.2. The van der Waals surface area contributed by atoms with Crippen molar-refractivity contribution in [2.75, 3.05) is 49.3 Å². The summed E-state index contributed by atoms with van der Waals surface area (Å²) in [6.45, 7) is 7.37. The second-order valence-electron chi connectivity index (χ2n) is 6.48. The lowest BCUT2D eigenvalue weighted by atomic mass is 10.2. The van der Waals surface area contributed by atoms with Gasteiger partial charge in [-0.1, -0.05) is 30.7 Å². The third-order valence-corrected chi connectivity index (χ3v) is 4.68. The lowest BCUT2D eigenvalue weighted by Gasteiger charge is -2.40. The summed E-state index contributed by atoms with van der Waals surface area (Å²) in [4.78, 5) is 15.0. The van der Waals surface area contributed by atoms with E-state index in [9.17, 15) is 4.79 Å². The smallest absolute Gasteiger partial charge is 0.429 e. The van der Waals surface area contributed by atoms with Crippen molar-refractivity contribution < 1.29 is 14.3 Å². The molecule has 8 nitrogen and oxygen atoms in total. The number of hydrazine groups is 1. The number of nitrogens with zero attached hydrogens (tertiary/aromatic N) is 5. The van der Waals surface area contributed by atoms with Crippen molar-refractivity contribution in [2.45, 2.75) is 20.3 Å². The molecule has 0 spiro atoms. The highest BCUT2D eigenvalue weighted by Crippen LogP contribution is 2.30. The second kappa shape index (κ2) is 10.3. The molecule has 0 aliphatic carbocycles. The molecule has 156 valence electrons. The predicted octanol–water partition coefficient (Wildman–Crippen LogP) is 3.62. The molecule has 1 saturated heterocycles. The molecule has 3 rings (SSSR count). The van der Waals surface area contributed by atoms with Crippen molar-refractivity contribution >= 4 is 29.2 Å². The Labute approximate surface area is 175 Å². The highest BCUT2D eigenvalue weighted by Gasteiger charge is 2.30. The monoisotopic (exact) mass is 419 g/mol. The Bertz CT molecular complexity index is 797. The van der Waals surface area contributed by atoms with Crippen LogP contribution in [0, 0.1) is 0 Å². The lowest BCUT2D eigenvalue weighted by molar-refractivity contribution is 0.126. The van der Waals surface area contributed by atoms with E-state index in [0.29, 0.717) is 56.0 Å². The molecule has 0 saturated carbocycles. The molecule has 0 bridgehead atoms. The molecular weight excluding hydrogens is 394 g/mol. The number of anilines is 2. The van der Waals surface area contributed by atoms with E-state index >= 15 is 0 Å². The van der Waals surface area contributed by atoms with Crippen LogP contribution >= 0.6 is 11.6 Å². The normalized spacial score (nSPS) is 14.5. The number of halogens is 1. The molecule has 29 heavy (non-hydrogen) atoms. The Balaban J connectivity index is 1.78. The predicted molar refractivity (Wildman–Crippen MR) is 113 cm³/mol. The average Bonchev–Trinajstić information content (AvgIpc) is 2.75. The van der Waals surface area contributed by atoms with Crippen LogP contribution in [0.2, 0.25) is 5.15 Å². The molecule has 2 heterocycles. The van der Waals surface area contributed by atoms with Gasteiger partial charge in [-0.25, -0.2) is 14.8 Å². The van der Waals surface area contributed by atoms with E-state index < -0.39 is 6.09 Å². The molecule has 1 aromatic carbocycles.